The van der Waals surface area contributed by atoms with Crippen LogP contribution in [-0.4, -0.2) is 51.7 Å². The average Bonchev–Trinajstić information content (AvgIpc) is 3.12. The van der Waals surface area contributed by atoms with Crippen molar-refractivity contribution < 1.29 is 4.79 Å². The summed E-state index contributed by atoms with van der Waals surface area (Å²) in [5.41, 5.74) is 3.12. The van der Waals surface area contributed by atoms with Crippen LogP contribution in [0.3, 0.4) is 0 Å². The van der Waals surface area contributed by atoms with E-state index in [9.17, 15) is 4.79 Å². The number of aromatic nitrogens is 3. The van der Waals surface area contributed by atoms with Gasteiger partial charge in [-0.3, -0.25) is 14.9 Å². The molecule has 1 amide bonds. The van der Waals surface area contributed by atoms with Gasteiger partial charge < -0.3 is 10.2 Å². The number of carbonyl (C=O) groups excluding carboxylic acids is 1. The van der Waals surface area contributed by atoms with Crippen LogP contribution in [0.15, 0.2) is 36.7 Å². The van der Waals surface area contributed by atoms with E-state index in [1.807, 2.05) is 24.3 Å². The lowest BCUT2D eigenvalue weighted by Gasteiger charge is -2.33. The summed E-state index contributed by atoms with van der Waals surface area (Å²) < 4.78 is 0. The monoisotopic (exact) mass is 411 g/mol. The molecule has 0 radical (unpaired) electrons. The van der Waals surface area contributed by atoms with Crippen molar-refractivity contribution in [2.24, 2.45) is 5.92 Å². The molecule has 3 heterocycles. The van der Waals surface area contributed by atoms with Gasteiger partial charge in [0.25, 0.3) is 5.91 Å². The molecule has 152 valence electrons. The molecule has 1 aromatic carbocycles. The number of fused-ring (bicyclic) bond motifs is 1. The minimum atomic E-state index is -0.125. The number of hydrogen-bond acceptors (Lipinski definition) is 4. The Kier molecular flexibility index (Phi) is 5.83. The molecule has 0 aliphatic carbocycles. The molecule has 6 nitrogen and oxygen atoms in total. The molecule has 2 N–H and O–H groups in total. The van der Waals surface area contributed by atoms with Crippen LogP contribution in [0.2, 0.25) is 5.02 Å². The molecule has 1 fully saturated rings. The minimum Gasteiger partial charge on any atom is -0.348 e. The third-order valence-corrected chi connectivity index (χ3v) is 5.57. The Morgan fingerprint density at radius 2 is 2.03 bits per heavy atom. The van der Waals surface area contributed by atoms with E-state index >= 15 is 0 Å². The van der Waals surface area contributed by atoms with Gasteiger partial charge in [0.05, 0.1) is 10.5 Å². The molecule has 29 heavy (non-hydrogen) atoms. The van der Waals surface area contributed by atoms with Crippen molar-refractivity contribution in [1.29, 1.82) is 0 Å². The number of pyridine rings is 1. The highest BCUT2D eigenvalue weighted by atomic mass is 35.5. The molecule has 0 spiro atoms. The second-order valence-corrected chi connectivity index (χ2v) is 8.60. The Hall–Kier alpha value is -2.44. The fraction of sp³-hybridized carbons (Fsp3) is 0.409. The summed E-state index contributed by atoms with van der Waals surface area (Å²) in [4.78, 5) is 19.5. The zero-order valence-corrected chi connectivity index (χ0v) is 17.5. The van der Waals surface area contributed by atoms with Crippen LogP contribution in [0.5, 0.6) is 0 Å². The third kappa shape index (κ3) is 4.60. The van der Waals surface area contributed by atoms with E-state index in [-0.39, 0.29) is 11.9 Å². The molecule has 1 aliphatic rings. The van der Waals surface area contributed by atoms with Gasteiger partial charge in [-0.15, -0.1) is 0 Å². The second-order valence-electron chi connectivity index (χ2n) is 8.17. The van der Waals surface area contributed by atoms with Gasteiger partial charge in [0.1, 0.15) is 0 Å². The first-order valence-corrected chi connectivity index (χ1v) is 10.5. The number of amides is 1. The van der Waals surface area contributed by atoms with Crippen LogP contribution in [-0.2, 0) is 0 Å². The van der Waals surface area contributed by atoms with Crippen molar-refractivity contribution in [3.63, 3.8) is 0 Å². The molecule has 3 aromatic rings. The number of aromatic amines is 1. The van der Waals surface area contributed by atoms with E-state index in [0.717, 1.165) is 54.5 Å². The molecule has 0 saturated carbocycles. The fourth-order valence-corrected chi connectivity index (χ4v) is 4.14. The molecule has 2 aromatic heterocycles. The Morgan fingerprint density at radius 3 is 2.76 bits per heavy atom. The zero-order valence-electron chi connectivity index (χ0n) is 16.8. The van der Waals surface area contributed by atoms with Gasteiger partial charge in [0.15, 0.2) is 5.69 Å². The van der Waals surface area contributed by atoms with Crippen molar-refractivity contribution in [2.75, 3.05) is 19.6 Å². The number of rotatable bonds is 5. The van der Waals surface area contributed by atoms with Gasteiger partial charge in [0, 0.05) is 49.0 Å². The summed E-state index contributed by atoms with van der Waals surface area (Å²) in [6, 6.07) is 7.92. The van der Waals surface area contributed by atoms with Crippen LogP contribution < -0.4 is 5.32 Å². The van der Waals surface area contributed by atoms with Gasteiger partial charge in [-0.1, -0.05) is 31.5 Å². The highest BCUT2D eigenvalue weighted by molar-refractivity contribution is 6.30. The van der Waals surface area contributed by atoms with Crippen molar-refractivity contribution in [3.05, 3.63) is 47.4 Å². The van der Waals surface area contributed by atoms with Gasteiger partial charge in [-0.2, -0.15) is 5.10 Å². The summed E-state index contributed by atoms with van der Waals surface area (Å²) >= 11 is 6.07. The maximum absolute atomic E-state index is 12.9. The number of hydrogen-bond donors (Lipinski definition) is 2. The van der Waals surface area contributed by atoms with Crippen molar-refractivity contribution in [3.8, 4) is 11.1 Å². The number of nitrogens with zero attached hydrogens (tertiary/aromatic N) is 3. The summed E-state index contributed by atoms with van der Waals surface area (Å²) in [6.45, 7) is 7.65. The molecular formula is C22H26ClN5O. The van der Waals surface area contributed by atoms with Crippen LogP contribution >= 0.6 is 11.6 Å². The largest absolute Gasteiger partial charge is 0.348 e. The first-order chi connectivity index (χ1) is 14.0. The van der Waals surface area contributed by atoms with Gasteiger partial charge in [-0.05, 0) is 42.5 Å². The summed E-state index contributed by atoms with van der Waals surface area (Å²) in [7, 11) is 0. The SMILES string of the molecule is CC(C)CN1CCC(NC(=O)c2n[nH]c3ccc(-c4cncc(Cl)c4)cc23)CC1. The third-order valence-electron chi connectivity index (χ3n) is 5.36. The second kappa shape index (κ2) is 8.51. The van der Waals surface area contributed by atoms with E-state index in [4.69, 9.17) is 11.6 Å². The number of benzene rings is 1. The Balaban J connectivity index is 1.49. The summed E-state index contributed by atoms with van der Waals surface area (Å²) in [6.07, 6.45) is 5.31. The lowest BCUT2D eigenvalue weighted by atomic mass is 10.0. The maximum Gasteiger partial charge on any atom is 0.272 e. The molecule has 0 unspecified atom stereocenters. The molecule has 4 rings (SSSR count). The van der Waals surface area contributed by atoms with E-state index in [1.165, 1.54) is 0 Å². The smallest absolute Gasteiger partial charge is 0.272 e. The first-order valence-electron chi connectivity index (χ1n) is 10.1. The van der Waals surface area contributed by atoms with Crippen LogP contribution in [0.1, 0.15) is 37.2 Å². The molecule has 0 bridgehead atoms. The van der Waals surface area contributed by atoms with E-state index < -0.39 is 0 Å². The topological polar surface area (TPSA) is 73.9 Å². The van der Waals surface area contributed by atoms with Crippen molar-refractivity contribution >= 4 is 28.4 Å². The van der Waals surface area contributed by atoms with E-state index in [1.54, 1.807) is 12.4 Å². The number of carbonyl (C=O) groups is 1. The number of halogens is 1. The van der Waals surface area contributed by atoms with Gasteiger partial charge in [0.2, 0.25) is 0 Å². The van der Waals surface area contributed by atoms with Crippen LogP contribution in [0.25, 0.3) is 22.0 Å². The normalized spacial score (nSPS) is 15.9. The summed E-state index contributed by atoms with van der Waals surface area (Å²) in [5, 5.41) is 11.8. The molecule has 7 heteroatoms. The van der Waals surface area contributed by atoms with E-state index in [2.05, 4.69) is 39.2 Å². The molecule has 1 saturated heterocycles. The van der Waals surface area contributed by atoms with Crippen molar-refractivity contribution in [2.45, 2.75) is 32.7 Å². The Labute approximate surface area is 175 Å². The van der Waals surface area contributed by atoms with Gasteiger partial charge in [-0.25, -0.2) is 0 Å². The molecule has 0 atom stereocenters. The average molecular weight is 412 g/mol. The van der Waals surface area contributed by atoms with Crippen molar-refractivity contribution in [1.82, 2.24) is 25.4 Å². The fourth-order valence-electron chi connectivity index (χ4n) is 3.97. The molecule has 1 aliphatic heterocycles. The quantitative estimate of drug-likeness (QED) is 0.662. The minimum absolute atomic E-state index is 0.125. The highest BCUT2D eigenvalue weighted by Crippen LogP contribution is 2.26. The predicted octanol–water partition coefficient (Wildman–Crippen LogP) is 4.13. The van der Waals surface area contributed by atoms with Gasteiger partial charge >= 0.3 is 0 Å². The number of nitrogens with one attached hydrogen (secondary N) is 2. The lowest BCUT2D eigenvalue weighted by Crippen LogP contribution is -2.45. The predicted molar refractivity (Wildman–Crippen MR) is 116 cm³/mol. The number of likely N-dealkylation sites (tertiary alicyclic amines) is 1. The summed E-state index contributed by atoms with van der Waals surface area (Å²) in [5.74, 6) is 0.542. The highest BCUT2D eigenvalue weighted by Gasteiger charge is 2.23. The van der Waals surface area contributed by atoms with Crippen LogP contribution in [0.4, 0.5) is 0 Å². The Morgan fingerprint density at radius 1 is 1.24 bits per heavy atom. The standard InChI is InChI=1S/C22H26ClN5O/c1-14(2)13-28-7-5-18(6-8-28)25-22(29)21-19-10-15(3-4-20(19)26-27-21)16-9-17(23)12-24-11-16/h3-4,9-12,14,18H,5-8,13H2,1-2H3,(H,25,29)(H,26,27). The Bertz CT molecular complexity index is 1010. The maximum atomic E-state index is 12.9. The lowest BCUT2D eigenvalue weighted by molar-refractivity contribution is 0.0904. The molecular weight excluding hydrogens is 386 g/mol. The number of piperidine rings is 1. The van der Waals surface area contributed by atoms with E-state index in [0.29, 0.717) is 16.6 Å². The first kappa shape index (κ1) is 19.9. The zero-order chi connectivity index (χ0) is 20.4. The number of H-pyrrole nitrogens is 1. The van der Waals surface area contributed by atoms with Crippen LogP contribution in [0, 0.1) is 5.92 Å².